The minimum Gasteiger partial charge on any atom is -0.497 e. The van der Waals surface area contributed by atoms with Crippen LogP contribution < -0.4 is 10.1 Å². The normalized spacial score (nSPS) is 12.2. The fraction of sp³-hybridized carbons (Fsp3) is 0.278. The number of hydrogen-bond acceptors (Lipinski definition) is 6. The Bertz CT molecular complexity index is 843. The number of aromatic nitrogens is 2. The van der Waals surface area contributed by atoms with Crippen LogP contribution in [-0.4, -0.2) is 23.2 Å². The summed E-state index contributed by atoms with van der Waals surface area (Å²) < 4.78 is 10.6. The van der Waals surface area contributed by atoms with Crippen LogP contribution in [0.25, 0.3) is 11.4 Å². The summed E-state index contributed by atoms with van der Waals surface area (Å²) >= 11 is 1.39. The summed E-state index contributed by atoms with van der Waals surface area (Å²) in [6, 6.07) is 10.7. The number of hydrogen-bond donors (Lipinski definition) is 1. The number of nitrogens with zero attached hydrogens (tertiary/aromatic N) is 2. The molecule has 130 valence electrons. The molecule has 0 fully saturated rings. The van der Waals surface area contributed by atoms with Crippen LogP contribution in [-0.2, 0) is 0 Å². The van der Waals surface area contributed by atoms with E-state index in [1.165, 1.54) is 11.3 Å². The first-order chi connectivity index (χ1) is 12.1. The zero-order valence-electron chi connectivity index (χ0n) is 14.2. The van der Waals surface area contributed by atoms with Crippen molar-refractivity contribution in [3.05, 3.63) is 52.5 Å². The van der Waals surface area contributed by atoms with E-state index in [1.54, 1.807) is 13.2 Å². The SMILES string of the molecule is COc1cccc(-c2noc(C(NC(=O)c3cccs3)C(C)C)n2)c1. The van der Waals surface area contributed by atoms with Crippen molar-refractivity contribution in [1.82, 2.24) is 15.5 Å². The molecule has 3 rings (SSSR count). The van der Waals surface area contributed by atoms with Crippen molar-refractivity contribution in [3.63, 3.8) is 0 Å². The van der Waals surface area contributed by atoms with E-state index in [-0.39, 0.29) is 17.9 Å². The average Bonchev–Trinajstić information content (AvgIpc) is 3.31. The number of methoxy groups -OCH3 is 1. The van der Waals surface area contributed by atoms with Crippen molar-refractivity contribution in [1.29, 1.82) is 0 Å². The van der Waals surface area contributed by atoms with Gasteiger partial charge < -0.3 is 14.6 Å². The molecule has 2 aromatic heterocycles. The summed E-state index contributed by atoms with van der Waals surface area (Å²) in [5.41, 5.74) is 0.793. The van der Waals surface area contributed by atoms with Crippen LogP contribution in [0.2, 0.25) is 0 Å². The second kappa shape index (κ2) is 7.48. The Hall–Kier alpha value is -2.67. The quantitative estimate of drug-likeness (QED) is 0.723. The highest BCUT2D eigenvalue weighted by Crippen LogP contribution is 2.26. The summed E-state index contributed by atoms with van der Waals surface area (Å²) in [6.07, 6.45) is 0. The molecule has 3 aromatic rings. The van der Waals surface area contributed by atoms with Gasteiger partial charge in [0, 0.05) is 5.56 Å². The van der Waals surface area contributed by atoms with Crippen LogP contribution in [0.4, 0.5) is 0 Å². The zero-order chi connectivity index (χ0) is 17.8. The van der Waals surface area contributed by atoms with Gasteiger partial charge in [-0.3, -0.25) is 4.79 Å². The smallest absolute Gasteiger partial charge is 0.262 e. The highest BCUT2D eigenvalue weighted by atomic mass is 32.1. The van der Waals surface area contributed by atoms with Gasteiger partial charge in [0.1, 0.15) is 11.8 Å². The van der Waals surface area contributed by atoms with Gasteiger partial charge in [-0.1, -0.05) is 37.2 Å². The number of carbonyl (C=O) groups is 1. The zero-order valence-corrected chi connectivity index (χ0v) is 15.0. The minimum atomic E-state index is -0.360. The fourth-order valence-electron chi connectivity index (χ4n) is 2.37. The molecule has 0 saturated carbocycles. The van der Waals surface area contributed by atoms with Gasteiger partial charge in [0.2, 0.25) is 11.7 Å². The van der Waals surface area contributed by atoms with Crippen LogP contribution in [0, 0.1) is 5.92 Å². The first-order valence-corrected chi connectivity index (χ1v) is 8.79. The van der Waals surface area contributed by atoms with Gasteiger partial charge in [-0.15, -0.1) is 11.3 Å². The molecule has 1 atom stereocenters. The van der Waals surface area contributed by atoms with Crippen LogP contribution >= 0.6 is 11.3 Å². The number of nitrogens with one attached hydrogen (secondary N) is 1. The van der Waals surface area contributed by atoms with E-state index in [1.807, 2.05) is 49.6 Å². The fourth-order valence-corrected chi connectivity index (χ4v) is 3.00. The number of amides is 1. The molecule has 6 nitrogen and oxygen atoms in total. The highest BCUT2D eigenvalue weighted by molar-refractivity contribution is 7.12. The first-order valence-electron chi connectivity index (χ1n) is 7.91. The first kappa shape index (κ1) is 17.2. The van der Waals surface area contributed by atoms with Gasteiger partial charge in [-0.25, -0.2) is 0 Å². The molecule has 25 heavy (non-hydrogen) atoms. The van der Waals surface area contributed by atoms with Gasteiger partial charge in [-0.2, -0.15) is 4.98 Å². The van der Waals surface area contributed by atoms with E-state index in [4.69, 9.17) is 9.26 Å². The monoisotopic (exact) mass is 357 g/mol. The molecule has 7 heteroatoms. The maximum absolute atomic E-state index is 12.3. The van der Waals surface area contributed by atoms with Gasteiger partial charge in [0.25, 0.3) is 5.91 Å². The molecule has 1 unspecified atom stereocenters. The number of ether oxygens (including phenoxy) is 1. The van der Waals surface area contributed by atoms with E-state index in [0.717, 1.165) is 11.3 Å². The van der Waals surface area contributed by atoms with Crippen molar-refractivity contribution in [2.45, 2.75) is 19.9 Å². The lowest BCUT2D eigenvalue weighted by Gasteiger charge is -2.17. The molecule has 0 bridgehead atoms. The molecule has 2 heterocycles. The number of benzene rings is 1. The minimum absolute atomic E-state index is 0.0996. The second-order valence-corrected chi connectivity index (χ2v) is 6.81. The van der Waals surface area contributed by atoms with Crippen LogP contribution in [0.5, 0.6) is 5.75 Å². The van der Waals surface area contributed by atoms with Crippen LogP contribution in [0.1, 0.15) is 35.5 Å². The average molecular weight is 357 g/mol. The molecule has 1 amide bonds. The highest BCUT2D eigenvalue weighted by Gasteiger charge is 2.25. The van der Waals surface area contributed by atoms with Crippen LogP contribution in [0.15, 0.2) is 46.3 Å². The van der Waals surface area contributed by atoms with Crippen LogP contribution in [0.3, 0.4) is 0 Å². The third-order valence-electron chi connectivity index (χ3n) is 3.73. The molecule has 0 spiro atoms. The molecule has 0 aliphatic carbocycles. The van der Waals surface area contributed by atoms with E-state index in [0.29, 0.717) is 16.6 Å². The van der Waals surface area contributed by atoms with Gasteiger partial charge in [0.05, 0.1) is 12.0 Å². The maximum atomic E-state index is 12.3. The summed E-state index contributed by atoms with van der Waals surface area (Å²) in [6.45, 7) is 3.99. The predicted octanol–water partition coefficient (Wildman–Crippen LogP) is 3.93. The largest absolute Gasteiger partial charge is 0.497 e. The molecule has 1 aromatic carbocycles. The predicted molar refractivity (Wildman–Crippen MR) is 95.7 cm³/mol. The third kappa shape index (κ3) is 3.88. The molecule has 0 radical (unpaired) electrons. The van der Waals surface area contributed by atoms with Crippen molar-refractivity contribution in [2.24, 2.45) is 5.92 Å². The van der Waals surface area contributed by atoms with Crippen molar-refractivity contribution in [3.8, 4) is 17.1 Å². The summed E-state index contributed by atoms with van der Waals surface area (Å²) in [4.78, 5) is 17.5. The van der Waals surface area contributed by atoms with Gasteiger partial charge in [0.15, 0.2) is 0 Å². The number of rotatable bonds is 6. The van der Waals surface area contributed by atoms with Crippen molar-refractivity contribution in [2.75, 3.05) is 7.11 Å². The Morgan fingerprint density at radius 3 is 2.80 bits per heavy atom. The third-order valence-corrected chi connectivity index (χ3v) is 4.60. The molecular formula is C18H19N3O3S. The standard InChI is InChI=1S/C18H19N3O3S/c1-11(2)15(19-17(22)14-8-5-9-25-14)18-20-16(21-24-18)12-6-4-7-13(10-12)23-3/h4-11,15H,1-3H3,(H,19,22). The maximum Gasteiger partial charge on any atom is 0.262 e. The topological polar surface area (TPSA) is 77.3 Å². The molecular weight excluding hydrogens is 338 g/mol. The Kier molecular flexibility index (Phi) is 5.14. The Balaban J connectivity index is 1.83. The Morgan fingerprint density at radius 1 is 1.28 bits per heavy atom. The second-order valence-electron chi connectivity index (χ2n) is 5.86. The summed E-state index contributed by atoms with van der Waals surface area (Å²) in [5, 5.41) is 8.89. The van der Waals surface area contributed by atoms with E-state index < -0.39 is 0 Å². The summed E-state index contributed by atoms with van der Waals surface area (Å²) in [7, 11) is 1.61. The molecule has 1 N–H and O–H groups in total. The molecule has 0 saturated heterocycles. The molecule has 0 aliphatic heterocycles. The van der Waals surface area contributed by atoms with E-state index in [9.17, 15) is 4.79 Å². The Labute approximate surface area is 149 Å². The van der Waals surface area contributed by atoms with Gasteiger partial charge >= 0.3 is 0 Å². The van der Waals surface area contributed by atoms with Crippen molar-refractivity contribution < 1.29 is 14.1 Å². The van der Waals surface area contributed by atoms with Gasteiger partial charge in [-0.05, 0) is 29.5 Å². The lowest BCUT2D eigenvalue weighted by molar-refractivity contribution is 0.0918. The van der Waals surface area contributed by atoms with Crippen molar-refractivity contribution >= 4 is 17.2 Å². The Morgan fingerprint density at radius 2 is 2.12 bits per heavy atom. The molecule has 0 aliphatic rings. The van der Waals surface area contributed by atoms with E-state index >= 15 is 0 Å². The number of carbonyl (C=O) groups excluding carboxylic acids is 1. The van der Waals surface area contributed by atoms with E-state index in [2.05, 4.69) is 15.5 Å². The lowest BCUT2D eigenvalue weighted by atomic mass is 10.0. The number of thiophene rings is 1. The lowest BCUT2D eigenvalue weighted by Crippen LogP contribution is -2.31. The summed E-state index contributed by atoms with van der Waals surface area (Å²) in [5.74, 6) is 1.52.